The smallest absolute Gasteiger partial charge is 0.204 e. The molecule has 0 amide bonds. The minimum atomic E-state index is -0.284. The summed E-state index contributed by atoms with van der Waals surface area (Å²) in [6.07, 6.45) is 1.41. The maximum absolute atomic E-state index is 12.9. The summed E-state index contributed by atoms with van der Waals surface area (Å²) in [6, 6.07) is 7.08. The van der Waals surface area contributed by atoms with Gasteiger partial charge in [-0.05, 0) is 31.5 Å². The van der Waals surface area contributed by atoms with Crippen LogP contribution in [0.2, 0.25) is 0 Å². The lowest BCUT2D eigenvalue weighted by atomic mass is 10.0. The van der Waals surface area contributed by atoms with Gasteiger partial charge in [-0.1, -0.05) is 12.1 Å². The van der Waals surface area contributed by atoms with E-state index in [4.69, 9.17) is 13.9 Å². The molecule has 0 radical (unpaired) electrons. The third kappa shape index (κ3) is 2.29. The second kappa shape index (κ2) is 5.92. The molecule has 24 heavy (non-hydrogen) atoms. The number of methoxy groups -OCH3 is 2. The van der Waals surface area contributed by atoms with Crippen LogP contribution in [0.15, 0.2) is 39.7 Å². The van der Waals surface area contributed by atoms with Gasteiger partial charge in [0.2, 0.25) is 5.43 Å². The zero-order chi connectivity index (χ0) is 17.4. The van der Waals surface area contributed by atoms with Gasteiger partial charge < -0.3 is 19.0 Å². The van der Waals surface area contributed by atoms with Gasteiger partial charge in [0.05, 0.1) is 19.8 Å². The number of hydrogen-bond acceptors (Lipinski definition) is 5. The molecule has 0 fully saturated rings. The molecule has 3 rings (SSSR count). The Hall–Kier alpha value is -2.95. The highest BCUT2D eigenvalue weighted by Crippen LogP contribution is 2.38. The van der Waals surface area contributed by atoms with E-state index in [0.29, 0.717) is 39.3 Å². The average Bonchev–Trinajstić information content (AvgIpc) is 2.60. The molecular formula is C19H18O5. The van der Waals surface area contributed by atoms with Crippen LogP contribution >= 0.6 is 0 Å². The van der Waals surface area contributed by atoms with Crippen molar-refractivity contribution in [2.75, 3.05) is 14.2 Å². The molecule has 1 N–H and O–H groups in total. The Morgan fingerprint density at radius 2 is 1.67 bits per heavy atom. The Balaban J connectivity index is 2.32. The summed E-state index contributed by atoms with van der Waals surface area (Å²) in [5.74, 6) is 1.10. The van der Waals surface area contributed by atoms with Crippen LogP contribution in [-0.2, 0) is 0 Å². The highest BCUT2D eigenvalue weighted by molar-refractivity contribution is 5.92. The first kappa shape index (κ1) is 15.9. The van der Waals surface area contributed by atoms with Crippen LogP contribution in [0.4, 0.5) is 0 Å². The fraction of sp³-hybridized carbons (Fsp3) is 0.211. The number of phenols is 1. The average molecular weight is 326 g/mol. The third-order valence-electron chi connectivity index (χ3n) is 4.21. The van der Waals surface area contributed by atoms with Gasteiger partial charge in [0, 0.05) is 11.1 Å². The van der Waals surface area contributed by atoms with Gasteiger partial charge in [0.1, 0.15) is 34.5 Å². The molecule has 1 heterocycles. The number of benzene rings is 2. The summed E-state index contributed by atoms with van der Waals surface area (Å²) in [5.41, 5.74) is 2.31. The third-order valence-corrected chi connectivity index (χ3v) is 4.21. The van der Waals surface area contributed by atoms with Gasteiger partial charge in [-0.25, -0.2) is 0 Å². The van der Waals surface area contributed by atoms with E-state index in [-0.39, 0.29) is 16.6 Å². The molecule has 0 atom stereocenters. The molecule has 0 bridgehead atoms. The van der Waals surface area contributed by atoms with E-state index in [9.17, 15) is 9.90 Å². The Bertz CT molecular complexity index is 968. The number of aryl methyl sites for hydroxylation is 1. The molecule has 0 saturated carbocycles. The number of aromatic hydroxyl groups is 1. The molecule has 3 aromatic rings. The van der Waals surface area contributed by atoms with E-state index in [2.05, 4.69) is 0 Å². The van der Waals surface area contributed by atoms with Crippen molar-refractivity contribution < 1.29 is 19.0 Å². The van der Waals surface area contributed by atoms with E-state index in [1.165, 1.54) is 13.4 Å². The van der Waals surface area contributed by atoms with Crippen LogP contribution in [0.5, 0.6) is 17.2 Å². The normalized spacial score (nSPS) is 10.8. The quantitative estimate of drug-likeness (QED) is 0.793. The van der Waals surface area contributed by atoms with Crippen LogP contribution < -0.4 is 14.9 Å². The number of hydrogen-bond donors (Lipinski definition) is 1. The van der Waals surface area contributed by atoms with Gasteiger partial charge in [-0.15, -0.1) is 0 Å². The zero-order valence-corrected chi connectivity index (χ0v) is 14.0. The van der Waals surface area contributed by atoms with E-state index in [0.717, 1.165) is 0 Å². The Morgan fingerprint density at radius 3 is 2.25 bits per heavy atom. The molecule has 0 aliphatic carbocycles. The molecule has 124 valence electrons. The minimum absolute atomic E-state index is 0.114. The van der Waals surface area contributed by atoms with Crippen molar-refractivity contribution >= 4 is 11.0 Å². The SMILES string of the molecule is COc1ccc(-c2coc3c(C)c(OC)c(C)c(O)c3c2=O)cc1. The monoisotopic (exact) mass is 326 g/mol. The zero-order valence-electron chi connectivity index (χ0n) is 14.0. The fourth-order valence-electron chi connectivity index (χ4n) is 2.91. The lowest BCUT2D eigenvalue weighted by molar-refractivity contribution is 0.400. The molecule has 5 nitrogen and oxygen atoms in total. The lowest BCUT2D eigenvalue weighted by Crippen LogP contribution is -2.07. The van der Waals surface area contributed by atoms with E-state index in [1.54, 1.807) is 45.2 Å². The number of rotatable bonds is 3. The molecule has 0 saturated heterocycles. The Kier molecular flexibility index (Phi) is 3.93. The van der Waals surface area contributed by atoms with Crippen LogP contribution in [0.1, 0.15) is 11.1 Å². The molecular weight excluding hydrogens is 308 g/mol. The van der Waals surface area contributed by atoms with Crippen molar-refractivity contribution in [1.29, 1.82) is 0 Å². The number of fused-ring (bicyclic) bond motifs is 1. The van der Waals surface area contributed by atoms with Gasteiger partial charge in [0.25, 0.3) is 0 Å². The predicted molar refractivity (Wildman–Crippen MR) is 92.2 cm³/mol. The van der Waals surface area contributed by atoms with Crippen LogP contribution in [0, 0.1) is 13.8 Å². The van der Waals surface area contributed by atoms with E-state index >= 15 is 0 Å². The van der Waals surface area contributed by atoms with Gasteiger partial charge in [-0.2, -0.15) is 0 Å². The first-order valence-corrected chi connectivity index (χ1v) is 7.45. The van der Waals surface area contributed by atoms with Crippen molar-refractivity contribution in [1.82, 2.24) is 0 Å². The summed E-state index contributed by atoms with van der Waals surface area (Å²) in [4.78, 5) is 12.9. The number of ether oxygens (including phenoxy) is 2. The Morgan fingerprint density at radius 1 is 1.00 bits per heavy atom. The van der Waals surface area contributed by atoms with Crippen LogP contribution in [-0.4, -0.2) is 19.3 Å². The molecule has 0 unspecified atom stereocenters. The second-order valence-electron chi connectivity index (χ2n) is 5.54. The van der Waals surface area contributed by atoms with Crippen molar-refractivity contribution in [3.63, 3.8) is 0 Å². The molecule has 1 aromatic heterocycles. The highest BCUT2D eigenvalue weighted by Gasteiger charge is 2.20. The minimum Gasteiger partial charge on any atom is -0.507 e. The maximum Gasteiger partial charge on any atom is 0.204 e. The molecule has 0 spiro atoms. The largest absolute Gasteiger partial charge is 0.507 e. The summed E-state index contributed by atoms with van der Waals surface area (Å²) in [5, 5.41) is 10.6. The van der Waals surface area contributed by atoms with Crippen molar-refractivity contribution in [3.8, 4) is 28.4 Å². The molecule has 0 aliphatic heterocycles. The molecule has 0 aliphatic rings. The summed E-state index contributed by atoms with van der Waals surface area (Å²) in [6.45, 7) is 3.50. The lowest BCUT2D eigenvalue weighted by Gasteiger charge is -2.13. The molecule has 5 heteroatoms. The van der Waals surface area contributed by atoms with Crippen LogP contribution in [0.25, 0.3) is 22.1 Å². The van der Waals surface area contributed by atoms with Crippen molar-refractivity contribution in [3.05, 3.63) is 51.9 Å². The first-order chi connectivity index (χ1) is 11.5. The highest BCUT2D eigenvalue weighted by atomic mass is 16.5. The van der Waals surface area contributed by atoms with E-state index < -0.39 is 0 Å². The van der Waals surface area contributed by atoms with Gasteiger partial charge in [-0.3, -0.25) is 4.79 Å². The fourth-order valence-corrected chi connectivity index (χ4v) is 2.91. The summed E-state index contributed by atoms with van der Waals surface area (Å²) < 4.78 is 16.1. The molecule has 2 aromatic carbocycles. The maximum atomic E-state index is 12.9. The predicted octanol–water partition coefficient (Wildman–Crippen LogP) is 3.80. The van der Waals surface area contributed by atoms with Crippen molar-refractivity contribution in [2.45, 2.75) is 13.8 Å². The van der Waals surface area contributed by atoms with Crippen molar-refractivity contribution in [2.24, 2.45) is 0 Å². The first-order valence-electron chi connectivity index (χ1n) is 7.45. The summed E-state index contributed by atoms with van der Waals surface area (Å²) >= 11 is 0. The number of phenolic OH excluding ortho intramolecular Hbond substituents is 1. The second-order valence-corrected chi connectivity index (χ2v) is 5.54. The van der Waals surface area contributed by atoms with Gasteiger partial charge >= 0.3 is 0 Å². The topological polar surface area (TPSA) is 68.9 Å². The van der Waals surface area contributed by atoms with Crippen LogP contribution in [0.3, 0.4) is 0 Å². The summed E-state index contributed by atoms with van der Waals surface area (Å²) in [7, 11) is 3.10. The van der Waals surface area contributed by atoms with E-state index in [1.807, 2.05) is 0 Å². The Labute approximate surface area is 139 Å². The van der Waals surface area contributed by atoms with Gasteiger partial charge in [0.15, 0.2) is 0 Å². The standard InChI is InChI=1S/C19H18O5/c1-10-16(20)15-17(21)14(12-5-7-13(22-3)8-6-12)9-24-19(15)11(2)18(10)23-4/h5-9,20H,1-4H3.